The number of nitrogens with zero attached hydrogens (tertiary/aromatic N) is 3. The molecule has 0 unspecified atom stereocenters. The maximum absolute atomic E-state index is 6.66. The maximum atomic E-state index is 6.66. The largest absolute Gasteiger partial charge is 0.500 e. The van der Waals surface area contributed by atoms with E-state index in [-0.39, 0.29) is 20.1 Å². The van der Waals surface area contributed by atoms with E-state index in [2.05, 4.69) is 134 Å². The summed E-state index contributed by atoms with van der Waals surface area (Å²) in [6.07, 6.45) is 7.62. The average molecular weight is 850 g/mol. The van der Waals surface area contributed by atoms with Gasteiger partial charge in [0.1, 0.15) is 5.58 Å². The Kier molecular flexibility index (Phi) is 9.91. The molecule has 0 aliphatic carbocycles. The molecule has 0 atom stereocenters. The van der Waals surface area contributed by atoms with Gasteiger partial charge in [-0.3, -0.25) is 4.98 Å². The molecule has 0 aliphatic heterocycles. The van der Waals surface area contributed by atoms with Gasteiger partial charge in [-0.25, -0.2) is 0 Å². The molecule has 4 heterocycles. The van der Waals surface area contributed by atoms with Gasteiger partial charge in [-0.1, -0.05) is 102 Å². The van der Waals surface area contributed by atoms with E-state index in [0.717, 1.165) is 77.7 Å². The first kappa shape index (κ1) is 34.7. The van der Waals surface area contributed by atoms with Crippen LogP contribution in [0.4, 0.5) is 0 Å². The molecule has 0 N–H and O–H groups in total. The molecule has 0 saturated heterocycles. The first-order chi connectivity index (χ1) is 24.9. The van der Waals surface area contributed by atoms with Crippen molar-refractivity contribution in [1.29, 1.82) is 0 Å². The molecule has 9 rings (SSSR count). The monoisotopic (exact) mass is 850 g/mol. The number of furan rings is 1. The van der Waals surface area contributed by atoms with Gasteiger partial charge in [0.2, 0.25) is 0 Å². The van der Waals surface area contributed by atoms with Crippen LogP contribution in [0.15, 0.2) is 144 Å². The van der Waals surface area contributed by atoms with Gasteiger partial charge in [-0.15, -0.1) is 53.6 Å². The van der Waals surface area contributed by atoms with Crippen LogP contribution < -0.4 is 0 Å². The van der Waals surface area contributed by atoms with E-state index in [0.29, 0.717) is 0 Å². The van der Waals surface area contributed by atoms with Gasteiger partial charge in [0.25, 0.3) is 0 Å². The van der Waals surface area contributed by atoms with Crippen LogP contribution in [-0.4, -0.2) is 15.0 Å². The zero-order valence-electron chi connectivity index (χ0n) is 29.4. The normalized spacial score (nSPS) is 10.9. The van der Waals surface area contributed by atoms with Crippen LogP contribution >= 0.6 is 0 Å². The summed E-state index contributed by atoms with van der Waals surface area (Å²) in [7, 11) is 0. The number of pyridine rings is 3. The predicted octanol–water partition coefficient (Wildman–Crippen LogP) is 12.1. The second-order valence-electron chi connectivity index (χ2n) is 13.0. The summed E-state index contributed by atoms with van der Waals surface area (Å²) in [4.78, 5) is 13.6. The van der Waals surface area contributed by atoms with Crippen LogP contribution in [0.25, 0.3) is 77.5 Å². The number of rotatable bonds is 4. The smallest absolute Gasteiger partial charge is 0.128 e. The Balaban J connectivity index is 0.000000222. The average Bonchev–Trinajstić information content (AvgIpc) is 3.56. The van der Waals surface area contributed by atoms with Crippen molar-refractivity contribution in [2.75, 3.05) is 0 Å². The van der Waals surface area contributed by atoms with Crippen molar-refractivity contribution in [2.24, 2.45) is 0 Å². The third kappa shape index (κ3) is 6.69. The molecule has 1 radical (unpaired) electrons. The van der Waals surface area contributed by atoms with Gasteiger partial charge < -0.3 is 14.4 Å². The Morgan fingerprint density at radius 2 is 1.33 bits per heavy atom. The van der Waals surface area contributed by atoms with E-state index in [4.69, 9.17) is 4.42 Å². The zero-order chi connectivity index (χ0) is 34.9. The van der Waals surface area contributed by atoms with Gasteiger partial charge in [0.05, 0.1) is 5.58 Å². The van der Waals surface area contributed by atoms with E-state index in [1.807, 2.05) is 61.2 Å². The fraction of sp³-hybridized carbons (Fsp3) is 0.0851. The van der Waals surface area contributed by atoms with Crippen molar-refractivity contribution in [2.45, 2.75) is 27.7 Å². The molecule has 255 valence electrons. The van der Waals surface area contributed by atoms with Crippen molar-refractivity contribution >= 4 is 32.7 Å². The zero-order valence-corrected chi connectivity index (χ0v) is 31.8. The summed E-state index contributed by atoms with van der Waals surface area (Å²) in [5.74, 6) is 0. The minimum atomic E-state index is 0. The second kappa shape index (κ2) is 14.9. The molecule has 0 saturated carbocycles. The number of hydrogen-bond donors (Lipinski definition) is 0. The summed E-state index contributed by atoms with van der Waals surface area (Å²) in [6.45, 7) is 8.34. The van der Waals surface area contributed by atoms with Crippen molar-refractivity contribution in [3.05, 3.63) is 174 Å². The van der Waals surface area contributed by atoms with Gasteiger partial charge >= 0.3 is 0 Å². The fourth-order valence-corrected chi connectivity index (χ4v) is 6.55. The SMILES string of the molecule is Cc1c[c-]c(-c2cc(C)c(C)cn2)cc1.Cc1cncc2c(-c3cccc4c3oc3c(-c5cc(-c6ccccc6)ccn5)[c-]ccc34)cccc12.[Ir]. The minimum Gasteiger partial charge on any atom is -0.500 e. The van der Waals surface area contributed by atoms with Gasteiger partial charge in [-0.2, -0.15) is 0 Å². The van der Waals surface area contributed by atoms with E-state index in [9.17, 15) is 0 Å². The molecule has 0 fully saturated rings. The van der Waals surface area contributed by atoms with Gasteiger partial charge in [-0.05, 0) is 71.4 Å². The number of hydrogen-bond acceptors (Lipinski definition) is 4. The third-order valence-corrected chi connectivity index (χ3v) is 9.49. The molecule has 9 aromatic rings. The molecular formula is C47H35IrN3O-2. The Morgan fingerprint density at radius 3 is 2.12 bits per heavy atom. The topological polar surface area (TPSA) is 51.8 Å². The van der Waals surface area contributed by atoms with E-state index < -0.39 is 0 Å². The van der Waals surface area contributed by atoms with E-state index >= 15 is 0 Å². The Morgan fingerprint density at radius 1 is 0.538 bits per heavy atom. The number of aromatic nitrogens is 3. The van der Waals surface area contributed by atoms with Crippen LogP contribution in [0, 0.1) is 39.8 Å². The van der Waals surface area contributed by atoms with E-state index in [1.165, 1.54) is 22.1 Å². The second-order valence-corrected chi connectivity index (χ2v) is 13.0. The first-order valence-corrected chi connectivity index (χ1v) is 17.1. The third-order valence-electron chi connectivity index (χ3n) is 9.49. The number of benzene rings is 5. The Hall–Kier alpha value is -5.74. The molecular weight excluding hydrogens is 815 g/mol. The summed E-state index contributed by atoms with van der Waals surface area (Å²) >= 11 is 0. The van der Waals surface area contributed by atoms with Crippen LogP contribution in [0.3, 0.4) is 0 Å². The molecule has 0 aliphatic rings. The van der Waals surface area contributed by atoms with Crippen LogP contribution in [0.1, 0.15) is 22.3 Å². The fourth-order valence-electron chi connectivity index (χ4n) is 6.55. The number of aryl methyl sites for hydroxylation is 4. The number of fused-ring (bicyclic) bond motifs is 4. The summed E-state index contributed by atoms with van der Waals surface area (Å²) < 4.78 is 6.66. The molecule has 52 heavy (non-hydrogen) atoms. The predicted molar refractivity (Wildman–Crippen MR) is 209 cm³/mol. The molecule has 4 aromatic heterocycles. The first-order valence-electron chi connectivity index (χ1n) is 17.1. The molecule has 0 spiro atoms. The Bertz CT molecular complexity index is 2680. The quantitative estimate of drug-likeness (QED) is 0.166. The summed E-state index contributed by atoms with van der Waals surface area (Å²) in [6, 6.07) is 46.1. The van der Waals surface area contributed by atoms with E-state index in [1.54, 1.807) is 0 Å². The van der Waals surface area contributed by atoms with Gasteiger partial charge in [0, 0.05) is 61.2 Å². The number of para-hydroxylation sites is 1. The molecule has 5 heteroatoms. The van der Waals surface area contributed by atoms with Crippen molar-refractivity contribution < 1.29 is 24.5 Å². The van der Waals surface area contributed by atoms with Gasteiger partial charge in [0.15, 0.2) is 0 Å². The Labute approximate surface area is 317 Å². The summed E-state index contributed by atoms with van der Waals surface area (Å²) in [5.41, 5.74) is 14.7. The molecule has 5 aromatic carbocycles. The van der Waals surface area contributed by atoms with Crippen molar-refractivity contribution in [3.8, 4) is 44.8 Å². The minimum absolute atomic E-state index is 0. The standard InChI is InChI=1S/C33H21N2O.C14H14N.Ir/c1-21-19-34-20-30-24(21)10-5-11-25(30)26-12-6-13-27-28-14-7-15-29(33(28)36-32(26)27)31-18-23(16-17-35-31)22-8-3-2-4-9-22;1-10-4-6-13(7-5-10)14-8-11(2)12(3)9-15-14;/h2-14,16-20H,1H3;4-6,8-9H,1-3H3;/q2*-1;. The maximum Gasteiger partial charge on any atom is 0.128 e. The van der Waals surface area contributed by atoms with Crippen LogP contribution in [0.2, 0.25) is 0 Å². The van der Waals surface area contributed by atoms with Crippen LogP contribution in [-0.2, 0) is 20.1 Å². The van der Waals surface area contributed by atoms with Crippen molar-refractivity contribution in [3.63, 3.8) is 0 Å². The van der Waals surface area contributed by atoms with Crippen LogP contribution in [0.5, 0.6) is 0 Å². The van der Waals surface area contributed by atoms with Crippen molar-refractivity contribution in [1.82, 2.24) is 15.0 Å². The summed E-state index contributed by atoms with van der Waals surface area (Å²) in [5, 5.41) is 4.46. The molecule has 0 bridgehead atoms. The molecule has 4 nitrogen and oxygen atoms in total. The molecule has 0 amide bonds.